The van der Waals surface area contributed by atoms with Crippen molar-refractivity contribution in [1.29, 1.82) is 0 Å². The Morgan fingerprint density at radius 1 is 0.254 bits per heavy atom. The Bertz CT molecular complexity index is 3500. The van der Waals surface area contributed by atoms with Crippen LogP contribution in [0, 0.1) is 0 Å². The SMILES string of the molecule is c1ccc(-c2cccc(-n3c4ccccc4c4ccc(-n5c6ccc([Si](c7ccccc7)(c7ccccc7)c7ccccc7)cc6c6c(-c7ccccc7)cccc65)cc43)c2)cc1. The zero-order valence-corrected chi connectivity index (χ0v) is 35.6. The van der Waals surface area contributed by atoms with E-state index in [0.717, 1.165) is 11.4 Å². The molecule has 0 amide bonds. The van der Waals surface area contributed by atoms with Crippen LogP contribution in [0.5, 0.6) is 0 Å². The monoisotopic (exact) mass is 818 g/mol. The molecule has 10 aromatic carbocycles. The maximum Gasteiger partial charge on any atom is 0.179 e. The van der Waals surface area contributed by atoms with Gasteiger partial charge < -0.3 is 9.13 Å². The zero-order valence-electron chi connectivity index (χ0n) is 34.6. The van der Waals surface area contributed by atoms with Gasteiger partial charge in [-0.1, -0.05) is 212 Å². The van der Waals surface area contributed by atoms with E-state index in [1.165, 1.54) is 86.6 Å². The molecule has 0 fully saturated rings. The molecule has 2 aromatic heterocycles. The molecule has 0 radical (unpaired) electrons. The second-order valence-corrected chi connectivity index (χ2v) is 20.3. The number of aromatic nitrogens is 2. The standard InChI is InChI=1S/C60H42N2Si/c1-6-20-43(21-7-1)45-24-18-25-46(40-45)62-56-34-17-16-32-53(56)54-38-36-47(41-59(54)62)61-57-39-37-51(42-55(57)60-52(33-19-35-58(60)61)44-22-8-2-9-23-44)63(48-26-10-3-11-27-48,49-28-12-4-13-29-49)50-30-14-5-15-31-50/h1-42H. The zero-order chi connectivity index (χ0) is 41.7. The number of nitrogens with zero attached hydrogens (tertiary/aromatic N) is 2. The van der Waals surface area contributed by atoms with Gasteiger partial charge in [0.05, 0.1) is 22.1 Å². The molecule has 296 valence electrons. The molecule has 63 heavy (non-hydrogen) atoms. The Hall–Kier alpha value is -7.98. The van der Waals surface area contributed by atoms with E-state index in [0.29, 0.717) is 0 Å². The summed E-state index contributed by atoms with van der Waals surface area (Å²) in [6.45, 7) is 0. The Morgan fingerprint density at radius 2 is 0.746 bits per heavy atom. The molecule has 0 spiro atoms. The smallest absolute Gasteiger partial charge is 0.179 e. The third-order valence-electron chi connectivity index (χ3n) is 13.1. The van der Waals surface area contributed by atoms with Gasteiger partial charge in [0.1, 0.15) is 0 Å². The van der Waals surface area contributed by atoms with Gasteiger partial charge in [0.15, 0.2) is 8.07 Å². The van der Waals surface area contributed by atoms with Crippen LogP contribution in [0.4, 0.5) is 0 Å². The Kier molecular flexibility index (Phi) is 8.87. The summed E-state index contributed by atoms with van der Waals surface area (Å²) in [5, 5.41) is 10.4. The van der Waals surface area contributed by atoms with Gasteiger partial charge in [0.2, 0.25) is 0 Å². The van der Waals surface area contributed by atoms with Crippen molar-refractivity contribution >= 4 is 72.4 Å². The van der Waals surface area contributed by atoms with Crippen molar-refractivity contribution in [2.45, 2.75) is 0 Å². The highest BCUT2D eigenvalue weighted by Crippen LogP contribution is 2.40. The van der Waals surface area contributed by atoms with Crippen molar-refractivity contribution in [2.24, 2.45) is 0 Å². The third kappa shape index (κ3) is 5.93. The molecule has 12 rings (SSSR count). The second kappa shape index (κ2) is 15.2. The minimum absolute atomic E-state index is 1.13. The lowest BCUT2D eigenvalue weighted by Gasteiger charge is -2.34. The van der Waals surface area contributed by atoms with Crippen molar-refractivity contribution in [2.75, 3.05) is 0 Å². The van der Waals surface area contributed by atoms with Crippen LogP contribution in [-0.4, -0.2) is 17.2 Å². The summed E-state index contributed by atoms with van der Waals surface area (Å²) in [5.41, 5.74) is 11.8. The lowest BCUT2D eigenvalue weighted by Crippen LogP contribution is -2.74. The number of fused-ring (bicyclic) bond motifs is 6. The Morgan fingerprint density at radius 3 is 1.41 bits per heavy atom. The first-order valence-corrected chi connectivity index (χ1v) is 23.8. The number of rotatable bonds is 8. The fourth-order valence-electron chi connectivity index (χ4n) is 10.3. The molecule has 3 heteroatoms. The Labute approximate surface area is 368 Å². The van der Waals surface area contributed by atoms with Gasteiger partial charge in [-0.15, -0.1) is 0 Å². The van der Waals surface area contributed by atoms with Gasteiger partial charge in [-0.3, -0.25) is 0 Å². The number of hydrogen-bond acceptors (Lipinski definition) is 0. The van der Waals surface area contributed by atoms with Gasteiger partial charge in [-0.2, -0.15) is 0 Å². The highest BCUT2D eigenvalue weighted by Gasteiger charge is 2.41. The average Bonchev–Trinajstić information content (AvgIpc) is 3.88. The lowest BCUT2D eigenvalue weighted by molar-refractivity contribution is 1.15. The maximum atomic E-state index is 2.55. The first-order valence-electron chi connectivity index (χ1n) is 21.8. The van der Waals surface area contributed by atoms with E-state index >= 15 is 0 Å². The van der Waals surface area contributed by atoms with E-state index in [2.05, 4.69) is 264 Å². The summed E-state index contributed by atoms with van der Waals surface area (Å²) in [7, 11) is -2.81. The van der Waals surface area contributed by atoms with Crippen LogP contribution < -0.4 is 20.7 Å². The predicted octanol–water partition coefficient (Wildman–Crippen LogP) is 12.6. The number of hydrogen-bond donors (Lipinski definition) is 0. The minimum atomic E-state index is -2.81. The van der Waals surface area contributed by atoms with Crippen LogP contribution in [0.15, 0.2) is 255 Å². The van der Waals surface area contributed by atoms with Crippen molar-refractivity contribution in [3.8, 4) is 33.6 Å². The second-order valence-electron chi connectivity index (χ2n) is 16.5. The molecule has 12 aromatic rings. The normalized spacial score (nSPS) is 11.8. The molecule has 0 atom stereocenters. The summed E-state index contributed by atoms with van der Waals surface area (Å²) in [5.74, 6) is 0. The molecular weight excluding hydrogens is 777 g/mol. The average molecular weight is 819 g/mol. The summed E-state index contributed by atoms with van der Waals surface area (Å²) in [6.07, 6.45) is 0. The molecular formula is C60H42N2Si. The van der Waals surface area contributed by atoms with E-state index in [1.54, 1.807) is 0 Å². The Balaban J connectivity index is 1.16. The van der Waals surface area contributed by atoms with Gasteiger partial charge in [0, 0.05) is 32.9 Å². The number of para-hydroxylation sites is 1. The van der Waals surface area contributed by atoms with Gasteiger partial charge in [-0.25, -0.2) is 0 Å². The molecule has 2 heterocycles. The van der Waals surface area contributed by atoms with Gasteiger partial charge in [0.25, 0.3) is 0 Å². The van der Waals surface area contributed by atoms with Crippen LogP contribution in [0.25, 0.3) is 77.2 Å². The fraction of sp³-hybridized carbons (Fsp3) is 0. The summed E-state index contributed by atoms with van der Waals surface area (Å²) in [6, 6.07) is 94.3. The van der Waals surface area contributed by atoms with E-state index in [-0.39, 0.29) is 0 Å². The lowest BCUT2D eigenvalue weighted by atomic mass is 9.99. The molecule has 0 bridgehead atoms. The molecule has 0 aliphatic rings. The minimum Gasteiger partial charge on any atom is -0.309 e. The van der Waals surface area contributed by atoms with Crippen molar-refractivity contribution in [3.05, 3.63) is 255 Å². The van der Waals surface area contributed by atoms with Gasteiger partial charge >= 0.3 is 0 Å². The number of benzene rings is 10. The molecule has 0 unspecified atom stereocenters. The largest absolute Gasteiger partial charge is 0.309 e. The van der Waals surface area contributed by atoms with Crippen LogP contribution in [0.3, 0.4) is 0 Å². The molecule has 2 nitrogen and oxygen atoms in total. The highest BCUT2D eigenvalue weighted by molar-refractivity contribution is 7.20. The quantitative estimate of drug-likeness (QED) is 0.107. The van der Waals surface area contributed by atoms with E-state index in [1.807, 2.05) is 0 Å². The third-order valence-corrected chi connectivity index (χ3v) is 17.8. The van der Waals surface area contributed by atoms with E-state index in [9.17, 15) is 0 Å². The topological polar surface area (TPSA) is 9.86 Å². The summed E-state index contributed by atoms with van der Waals surface area (Å²) in [4.78, 5) is 0. The van der Waals surface area contributed by atoms with Crippen molar-refractivity contribution in [3.63, 3.8) is 0 Å². The molecule has 0 aliphatic heterocycles. The predicted molar refractivity (Wildman–Crippen MR) is 270 cm³/mol. The molecule has 0 N–H and O–H groups in total. The van der Waals surface area contributed by atoms with Crippen LogP contribution in [-0.2, 0) is 0 Å². The first kappa shape index (κ1) is 36.8. The molecule has 0 aliphatic carbocycles. The van der Waals surface area contributed by atoms with Crippen molar-refractivity contribution in [1.82, 2.24) is 9.13 Å². The fourth-order valence-corrected chi connectivity index (χ4v) is 15.1. The maximum absolute atomic E-state index is 2.81. The molecule has 0 saturated carbocycles. The molecule has 0 saturated heterocycles. The van der Waals surface area contributed by atoms with Gasteiger partial charge in [-0.05, 0) is 85.5 Å². The van der Waals surface area contributed by atoms with Crippen LogP contribution in [0.1, 0.15) is 0 Å². The van der Waals surface area contributed by atoms with E-state index < -0.39 is 8.07 Å². The van der Waals surface area contributed by atoms with Crippen molar-refractivity contribution < 1.29 is 0 Å². The highest BCUT2D eigenvalue weighted by atomic mass is 28.3. The summed E-state index contributed by atoms with van der Waals surface area (Å²) >= 11 is 0. The van der Waals surface area contributed by atoms with Crippen LogP contribution >= 0.6 is 0 Å². The van der Waals surface area contributed by atoms with Crippen LogP contribution in [0.2, 0.25) is 0 Å². The first-order chi connectivity index (χ1) is 31.3. The summed E-state index contributed by atoms with van der Waals surface area (Å²) < 4.78 is 4.95. The van der Waals surface area contributed by atoms with E-state index in [4.69, 9.17) is 0 Å².